The molecule has 1 fully saturated rings. The maximum absolute atomic E-state index is 5.61. The average Bonchev–Trinajstić information content (AvgIpc) is 2.44. The van der Waals surface area contributed by atoms with E-state index in [1.54, 1.807) is 0 Å². The molecule has 2 heteroatoms. The van der Waals surface area contributed by atoms with Crippen LogP contribution in [0.1, 0.15) is 13.3 Å². The van der Waals surface area contributed by atoms with Crippen molar-refractivity contribution >= 4 is 15.9 Å². The summed E-state index contributed by atoms with van der Waals surface area (Å²) in [6, 6.07) is 0. The van der Waals surface area contributed by atoms with Gasteiger partial charge in [-0.3, -0.25) is 0 Å². The molecule has 10 heavy (non-hydrogen) atoms. The topological polar surface area (TPSA) is 9.23 Å². The molecule has 2 rings (SSSR count). The molecule has 56 valence electrons. The fraction of sp³-hybridized carbons (Fsp3) is 0.750. The molecule has 2 aliphatic rings. The highest BCUT2D eigenvalue weighted by Crippen LogP contribution is 2.37. The van der Waals surface area contributed by atoms with E-state index in [1.165, 1.54) is 6.42 Å². The first kappa shape index (κ1) is 6.86. The molecular weight excluding hydrogens is 192 g/mol. The Kier molecular flexibility index (Phi) is 1.61. The second-order valence-corrected chi connectivity index (χ2v) is 4.55. The Hall–Kier alpha value is 0.180. The molecule has 0 aromatic carbocycles. The summed E-state index contributed by atoms with van der Waals surface area (Å²) < 4.78 is 5.61. The summed E-state index contributed by atoms with van der Waals surface area (Å²) in [5.74, 6) is 0.704. The summed E-state index contributed by atoms with van der Waals surface area (Å²) >= 11 is 3.59. The van der Waals surface area contributed by atoms with Gasteiger partial charge < -0.3 is 4.74 Å². The second kappa shape index (κ2) is 2.35. The van der Waals surface area contributed by atoms with E-state index in [2.05, 4.69) is 35.0 Å². The van der Waals surface area contributed by atoms with E-state index in [4.69, 9.17) is 4.74 Å². The maximum atomic E-state index is 5.61. The molecule has 4 atom stereocenters. The fourth-order valence-electron chi connectivity index (χ4n) is 1.76. The normalized spacial score (nSPS) is 46.4. The van der Waals surface area contributed by atoms with E-state index < -0.39 is 0 Å². The molecule has 0 radical (unpaired) electrons. The van der Waals surface area contributed by atoms with Crippen molar-refractivity contribution < 1.29 is 4.74 Å². The van der Waals surface area contributed by atoms with Crippen LogP contribution in [0.25, 0.3) is 0 Å². The summed E-state index contributed by atoms with van der Waals surface area (Å²) in [6.45, 7) is 2.20. The van der Waals surface area contributed by atoms with Crippen molar-refractivity contribution in [2.75, 3.05) is 0 Å². The number of ether oxygens (including phenoxy) is 1. The summed E-state index contributed by atoms with van der Waals surface area (Å²) in [5, 5.41) is 0. The van der Waals surface area contributed by atoms with Gasteiger partial charge >= 0.3 is 0 Å². The Balaban J connectivity index is 2.09. The van der Waals surface area contributed by atoms with E-state index >= 15 is 0 Å². The van der Waals surface area contributed by atoms with Crippen molar-refractivity contribution in [2.24, 2.45) is 5.92 Å². The molecule has 0 saturated carbocycles. The Morgan fingerprint density at radius 3 is 2.70 bits per heavy atom. The minimum absolute atomic E-state index is 0.402. The van der Waals surface area contributed by atoms with Gasteiger partial charge in [-0.15, -0.1) is 0 Å². The van der Waals surface area contributed by atoms with Crippen LogP contribution in [-0.4, -0.2) is 17.0 Å². The standard InChI is InChI=1S/C8H11BrO/c1-5(9)7-4-6-2-3-8(7)10-6/h2-3,5-8H,4H2,1H3. The first-order chi connectivity index (χ1) is 4.77. The molecule has 0 amide bonds. The van der Waals surface area contributed by atoms with Gasteiger partial charge in [-0.2, -0.15) is 0 Å². The number of hydrogen-bond donors (Lipinski definition) is 0. The zero-order valence-corrected chi connectivity index (χ0v) is 7.54. The monoisotopic (exact) mass is 202 g/mol. The van der Waals surface area contributed by atoms with Crippen LogP contribution in [0.2, 0.25) is 0 Å². The van der Waals surface area contributed by atoms with Gasteiger partial charge in [0.1, 0.15) is 0 Å². The Labute approximate surface area is 69.6 Å². The maximum Gasteiger partial charge on any atom is 0.0804 e. The van der Waals surface area contributed by atoms with Crippen LogP contribution in [0.3, 0.4) is 0 Å². The molecule has 0 N–H and O–H groups in total. The van der Waals surface area contributed by atoms with Crippen LogP contribution < -0.4 is 0 Å². The molecule has 2 bridgehead atoms. The van der Waals surface area contributed by atoms with Crippen LogP contribution in [0.5, 0.6) is 0 Å². The van der Waals surface area contributed by atoms with Crippen LogP contribution in [0.15, 0.2) is 12.2 Å². The van der Waals surface area contributed by atoms with Crippen molar-refractivity contribution in [1.29, 1.82) is 0 Å². The van der Waals surface area contributed by atoms with Gasteiger partial charge in [0.05, 0.1) is 12.2 Å². The lowest BCUT2D eigenvalue weighted by Gasteiger charge is -2.17. The Morgan fingerprint density at radius 2 is 2.40 bits per heavy atom. The largest absolute Gasteiger partial charge is 0.367 e. The second-order valence-electron chi connectivity index (χ2n) is 3.10. The molecule has 0 aromatic heterocycles. The molecule has 2 heterocycles. The summed E-state index contributed by atoms with van der Waals surface area (Å²) in [5.41, 5.74) is 0. The van der Waals surface area contributed by atoms with E-state index in [1.807, 2.05) is 0 Å². The third-order valence-electron chi connectivity index (χ3n) is 2.36. The molecule has 0 aromatic rings. The predicted molar refractivity (Wildman–Crippen MR) is 44.3 cm³/mol. The number of halogens is 1. The lowest BCUT2D eigenvalue weighted by atomic mass is 9.92. The van der Waals surface area contributed by atoms with Crippen LogP contribution in [0.4, 0.5) is 0 Å². The molecule has 4 unspecified atom stereocenters. The number of rotatable bonds is 1. The first-order valence-electron chi connectivity index (χ1n) is 3.75. The minimum atomic E-state index is 0.402. The Bertz CT molecular complexity index is 165. The van der Waals surface area contributed by atoms with Gasteiger partial charge in [-0.1, -0.05) is 35.0 Å². The van der Waals surface area contributed by atoms with Gasteiger partial charge in [-0.05, 0) is 6.42 Å². The van der Waals surface area contributed by atoms with Gasteiger partial charge in [-0.25, -0.2) is 0 Å². The predicted octanol–water partition coefficient (Wildman–Crippen LogP) is 2.11. The van der Waals surface area contributed by atoms with Gasteiger partial charge in [0, 0.05) is 10.7 Å². The zero-order chi connectivity index (χ0) is 7.14. The summed E-state index contributed by atoms with van der Waals surface area (Å²) in [6.07, 6.45) is 6.40. The van der Waals surface area contributed by atoms with Crippen molar-refractivity contribution in [3.8, 4) is 0 Å². The van der Waals surface area contributed by atoms with Crippen LogP contribution in [-0.2, 0) is 4.74 Å². The average molecular weight is 203 g/mol. The number of alkyl halides is 1. The number of hydrogen-bond acceptors (Lipinski definition) is 1. The zero-order valence-electron chi connectivity index (χ0n) is 5.96. The smallest absolute Gasteiger partial charge is 0.0804 e. The lowest BCUT2D eigenvalue weighted by molar-refractivity contribution is 0.109. The van der Waals surface area contributed by atoms with E-state index in [9.17, 15) is 0 Å². The van der Waals surface area contributed by atoms with E-state index in [0.29, 0.717) is 23.0 Å². The minimum Gasteiger partial charge on any atom is -0.367 e. The summed E-state index contributed by atoms with van der Waals surface area (Å²) in [4.78, 5) is 0.590. The molecule has 0 aliphatic carbocycles. The highest BCUT2D eigenvalue weighted by molar-refractivity contribution is 9.09. The van der Waals surface area contributed by atoms with Crippen molar-refractivity contribution in [2.45, 2.75) is 30.4 Å². The highest BCUT2D eigenvalue weighted by Gasteiger charge is 2.38. The van der Waals surface area contributed by atoms with Gasteiger partial charge in [0.2, 0.25) is 0 Å². The van der Waals surface area contributed by atoms with Crippen LogP contribution in [0, 0.1) is 5.92 Å². The van der Waals surface area contributed by atoms with Gasteiger partial charge in [0.15, 0.2) is 0 Å². The highest BCUT2D eigenvalue weighted by atomic mass is 79.9. The molecule has 0 spiro atoms. The molecule has 1 saturated heterocycles. The van der Waals surface area contributed by atoms with Gasteiger partial charge in [0.25, 0.3) is 0 Å². The molecule has 1 nitrogen and oxygen atoms in total. The first-order valence-corrected chi connectivity index (χ1v) is 4.67. The Morgan fingerprint density at radius 1 is 1.60 bits per heavy atom. The third-order valence-corrected chi connectivity index (χ3v) is 3.04. The lowest BCUT2D eigenvalue weighted by Crippen LogP contribution is -2.20. The number of fused-ring (bicyclic) bond motifs is 2. The van der Waals surface area contributed by atoms with E-state index in [-0.39, 0.29) is 0 Å². The SMILES string of the molecule is CC(Br)C1CC2C=CC1O2. The molecule has 2 aliphatic heterocycles. The van der Waals surface area contributed by atoms with Crippen molar-refractivity contribution in [3.63, 3.8) is 0 Å². The van der Waals surface area contributed by atoms with E-state index in [0.717, 1.165) is 0 Å². The quantitative estimate of drug-likeness (QED) is 0.468. The van der Waals surface area contributed by atoms with Crippen molar-refractivity contribution in [1.82, 2.24) is 0 Å². The third kappa shape index (κ3) is 0.940. The van der Waals surface area contributed by atoms with Crippen molar-refractivity contribution in [3.05, 3.63) is 12.2 Å². The van der Waals surface area contributed by atoms with Crippen LogP contribution >= 0.6 is 15.9 Å². The fourth-order valence-corrected chi connectivity index (χ4v) is 2.27. The summed E-state index contributed by atoms with van der Waals surface area (Å²) in [7, 11) is 0. The molecular formula is C8H11BrO.